The number of aliphatic imine (C=N–C) groups is 1. The quantitative estimate of drug-likeness (QED) is 0.793. The zero-order valence-electron chi connectivity index (χ0n) is 14.6. The lowest BCUT2D eigenvalue weighted by Crippen LogP contribution is -2.36. The zero-order valence-corrected chi connectivity index (χ0v) is 14.6. The van der Waals surface area contributed by atoms with Crippen LogP contribution in [0.1, 0.15) is 25.0 Å². The molecule has 0 unspecified atom stereocenters. The second-order valence-corrected chi connectivity index (χ2v) is 6.60. The highest BCUT2D eigenvalue weighted by Crippen LogP contribution is 2.23. The number of hydrogen-bond acceptors (Lipinski definition) is 5. The molecule has 4 rings (SSSR count). The number of furan rings is 1. The van der Waals surface area contributed by atoms with Gasteiger partial charge in [-0.25, -0.2) is 0 Å². The second kappa shape index (κ2) is 7.74. The number of piperidine rings is 1. The summed E-state index contributed by atoms with van der Waals surface area (Å²) in [6, 6.07) is 12.4. The fourth-order valence-electron chi connectivity index (χ4n) is 3.41. The molecule has 0 radical (unpaired) electrons. The SMILES string of the molecule is C(=Nc1ccc(N2CCOCC2)cc1)c1ccc(N2CCCCC2)o1. The summed E-state index contributed by atoms with van der Waals surface area (Å²) in [6.45, 7) is 5.69. The predicted molar refractivity (Wildman–Crippen MR) is 102 cm³/mol. The van der Waals surface area contributed by atoms with Gasteiger partial charge >= 0.3 is 0 Å². The average Bonchev–Trinajstić information content (AvgIpc) is 3.17. The molecule has 1 aromatic heterocycles. The Kier molecular flexibility index (Phi) is 5.02. The number of nitrogens with zero attached hydrogens (tertiary/aromatic N) is 3. The van der Waals surface area contributed by atoms with Crippen molar-refractivity contribution < 1.29 is 9.15 Å². The summed E-state index contributed by atoms with van der Waals surface area (Å²) in [6.07, 6.45) is 5.63. The summed E-state index contributed by atoms with van der Waals surface area (Å²) in [5.74, 6) is 1.77. The molecular formula is C20H25N3O2. The lowest BCUT2D eigenvalue weighted by Gasteiger charge is -2.28. The van der Waals surface area contributed by atoms with Crippen molar-refractivity contribution >= 4 is 23.5 Å². The third-order valence-corrected chi connectivity index (χ3v) is 4.85. The van der Waals surface area contributed by atoms with Crippen LogP contribution in [0.3, 0.4) is 0 Å². The van der Waals surface area contributed by atoms with E-state index in [1.165, 1.54) is 24.9 Å². The van der Waals surface area contributed by atoms with Gasteiger partial charge in [-0.3, -0.25) is 4.99 Å². The van der Waals surface area contributed by atoms with Crippen LogP contribution in [0.5, 0.6) is 0 Å². The van der Waals surface area contributed by atoms with E-state index < -0.39 is 0 Å². The van der Waals surface area contributed by atoms with Gasteiger partial charge < -0.3 is 19.0 Å². The molecule has 0 aliphatic carbocycles. The van der Waals surface area contributed by atoms with E-state index in [1.807, 2.05) is 12.1 Å². The topological polar surface area (TPSA) is 41.2 Å². The maximum atomic E-state index is 5.92. The van der Waals surface area contributed by atoms with Crippen LogP contribution in [-0.4, -0.2) is 45.6 Å². The first-order chi connectivity index (χ1) is 12.4. The lowest BCUT2D eigenvalue weighted by atomic mass is 10.1. The maximum absolute atomic E-state index is 5.92. The van der Waals surface area contributed by atoms with E-state index in [-0.39, 0.29) is 0 Å². The maximum Gasteiger partial charge on any atom is 0.196 e. The Morgan fingerprint density at radius 1 is 0.800 bits per heavy atom. The Bertz CT molecular complexity index is 696. The number of anilines is 2. The molecule has 0 bridgehead atoms. The molecule has 0 spiro atoms. The van der Waals surface area contributed by atoms with Crippen LogP contribution in [0.4, 0.5) is 17.3 Å². The fourth-order valence-corrected chi connectivity index (χ4v) is 3.41. The molecule has 2 aliphatic rings. The second-order valence-electron chi connectivity index (χ2n) is 6.60. The zero-order chi connectivity index (χ0) is 16.9. The molecule has 3 heterocycles. The highest BCUT2D eigenvalue weighted by atomic mass is 16.5. The predicted octanol–water partition coefficient (Wildman–Crippen LogP) is 3.86. The molecule has 0 amide bonds. The molecule has 5 heteroatoms. The van der Waals surface area contributed by atoms with Crippen molar-refractivity contribution in [1.29, 1.82) is 0 Å². The van der Waals surface area contributed by atoms with Crippen LogP contribution >= 0.6 is 0 Å². The van der Waals surface area contributed by atoms with Crippen molar-refractivity contribution in [3.8, 4) is 0 Å². The number of morpholine rings is 1. The van der Waals surface area contributed by atoms with Gasteiger partial charge in [0.1, 0.15) is 5.76 Å². The van der Waals surface area contributed by atoms with Crippen molar-refractivity contribution in [1.82, 2.24) is 0 Å². The van der Waals surface area contributed by atoms with Gasteiger partial charge in [0.25, 0.3) is 0 Å². The molecule has 1 aromatic carbocycles. The first kappa shape index (κ1) is 16.2. The minimum absolute atomic E-state index is 0.803. The average molecular weight is 339 g/mol. The van der Waals surface area contributed by atoms with Gasteiger partial charge in [-0.1, -0.05) is 0 Å². The van der Waals surface area contributed by atoms with Gasteiger partial charge in [0.2, 0.25) is 0 Å². The van der Waals surface area contributed by atoms with Gasteiger partial charge in [-0.15, -0.1) is 0 Å². The largest absolute Gasteiger partial charge is 0.440 e. The lowest BCUT2D eigenvalue weighted by molar-refractivity contribution is 0.122. The van der Waals surface area contributed by atoms with Crippen molar-refractivity contribution in [2.75, 3.05) is 49.2 Å². The molecular weight excluding hydrogens is 314 g/mol. The molecule has 2 fully saturated rings. The molecule has 0 atom stereocenters. The molecule has 5 nitrogen and oxygen atoms in total. The van der Waals surface area contributed by atoms with Crippen LogP contribution in [0, 0.1) is 0 Å². The Hall–Kier alpha value is -2.27. The van der Waals surface area contributed by atoms with Gasteiger partial charge in [0.15, 0.2) is 5.88 Å². The molecule has 2 aliphatic heterocycles. The molecule has 0 saturated carbocycles. The van der Waals surface area contributed by atoms with E-state index in [4.69, 9.17) is 9.15 Å². The van der Waals surface area contributed by atoms with Crippen LogP contribution in [0.15, 0.2) is 45.8 Å². The highest BCUT2D eigenvalue weighted by Gasteiger charge is 2.14. The Balaban J connectivity index is 1.38. The summed E-state index contributed by atoms with van der Waals surface area (Å²) in [5, 5.41) is 0. The number of rotatable bonds is 4. The number of ether oxygens (including phenoxy) is 1. The molecule has 2 saturated heterocycles. The Morgan fingerprint density at radius 2 is 1.56 bits per heavy atom. The molecule has 0 N–H and O–H groups in total. The smallest absolute Gasteiger partial charge is 0.196 e. The van der Waals surface area contributed by atoms with Crippen molar-refractivity contribution in [2.45, 2.75) is 19.3 Å². The van der Waals surface area contributed by atoms with Crippen LogP contribution in [0.25, 0.3) is 0 Å². The van der Waals surface area contributed by atoms with Gasteiger partial charge in [-0.2, -0.15) is 0 Å². The normalized spacial score (nSPS) is 18.9. The monoisotopic (exact) mass is 339 g/mol. The van der Waals surface area contributed by atoms with Crippen LogP contribution < -0.4 is 9.80 Å². The van der Waals surface area contributed by atoms with E-state index in [0.29, 0.717) is 0 Å². The van der Waals surface area contributed by atoms with Gasteiger partial charge in [0.05, 0.1) is 25.1 Å². The highest BCUT2D eigenvalue weighted by molar-refractivity contribution is 5.79. The summed E-state index contributed by atoms with van der Waals surface area (Å²) in [7, 11) is 0. The molecule has 132 valence electrons. The molecule has 25 heavy (non-hydrogen) atoms. The standard InChI is InChI=1S/C20H25N3O2/c1-2-10-23(11-3-1)20-9-8-19(25-20)16-21-17-4-6-18(7-5-17)22-12-14-24-15-13-22/h4-9,16H,1-3,10-15H2. The minimum atomic E-state index is 0.803. The summed E-state index contributed by atoms with van der Waals surface area (Å²) < 4.78 is 11.3. The van der Waals surface area contributed by atoms with E-state index >= 15 is 0 Å². The minimum Gasteiger partial charge on any atom is -0.440 e. The summed E-state index contributed by atoms with van der Waals surface area (Å²) in [5.41, 5.74) is 2.17. The van der Waals surface area contributed by atoms with E-state index in [1.54, 1.807) is 6.21 Å². The first-order valence-electron chi connectivity index (χ1n) is 9.20. The molecule has 2 aromatic rings. The summed E-state index contributed by atoms with van der Waals surface area (Å²) in [4.78, 5) is 9.20. The number of benzene rings is 1. The summed E-state index contributed by atoms with van der Waals surface area (Å²) >= 11 is 0. The van der Waals surface area contributed by atoms with Gasteiger partial charge in [0, 0.05) is 37.9 Å². The van der Waals surface area contributed by atoms with E-state index in [9.17, 15) is 0 Å². The van der Waals surface area contributed by atoms with E-state index in [2.05, 4.69) is 39.1 Å². The Labute approximate surface area is 148 Å². The van der Waals surface area contributed by atoms with Gasteiger partial charge in [-0.05, 0) is 49.6 Å². The van der Waals surface area contributed by atoms with Crippen molar-refractivity contribution in [2.24, 2.45) is 4.99 Å². The van der Waals surface area contributed by atoms with Crippen LogP contribution in [0.2, 0.25) is 0 Å². The van der Waals surface area contributed by atoms with Crippen molar-refractivity contribution in [3.63, 3.8) is 0 Å². The van der Waals surface area contributed by atoms with E-state index in [0.717, 1.165) is 56.7 Å². The first-order valence-corrected chi connectivity index (χ1v) is 9.20. The third-order valence-electron chi connectivity index (χ3n) is 4.85. The Morgan fingerprint density at radius 3 is 2.32 bits per heavy atom. The third kappa shape index (κ3) is 4.04. The fraction of sp³-hybridized carbons (Fsp3) is 0.450. The van der Waals surface area contributed by atoms with Crippen LogP contribution in [-0.2, 0) is 4.74 Å². The number of hydrogen-bond donors (Lipinski definition) is 0. The van der Waals surface area contributed by atoms with Crippen molar-refractivity contribution in [3.05, 3.63) is 42.2 Å².